The summed E-state index contributed by atoms with van der Waals surface area (Å²) in [6.07, 6.45) is 0.953. The van der Waals surface area contributed by atoms with Crippen LogP contribution < -0.4 is 16.0 Å². The van der Waals surface area contributed by atoms with E-state index in [0.717, 1.165) is 10.8 Å². The molecule has 9 heteroatoms. The molecule has 3 N–H and O–H groups in total. The highest BCUT2D eigenvalue weighted by Crippen LogP contribution is 1.96. The second-order valence-corrected chi connectivity index (χ2v) is 3.64. The minimum atomic E-state index is -4.51. The van der Waals surface area contributed by atoms with Crippen molar-refractivity contribution in [2.75, 3.05) is 4.72 Å². The van der Waals surface area contributed by atoms with Gasteiger partial charge < -0.3 is 4.57 Å². The van der Waals surface area contributed by atoms with Crippen molar-refractivity contribution < 1.29 is 13.0 Å². The Hall–Kier alpha value is -1.61. The monoisotopic (exact) mass is 221 g/mol. The molecule has 1 heterocycles. The molecule has 0 aliphatic heterocycles. The van der Waals surface area contributed by atoms with Crippen LogP contribution in [0.5, 0.6) is 0 Å². The maximum Gasteiger partial charge on any atom is 0.357 e. The Morgan fingerprint density at radius 2 is 2.07 bits per heavy atom. The number of aromatic amines is 1. The number of hydrogen-bond acceptors (Lipinski definition) is 4. The second kappa shape index (κ2) is 3.27. The first-order valence-corrected chi connectivity index (χ1v) is 4.79. The summed E-state index contributed by atoms with van der Waals surface area (Å²) < 4.78 is 31.6. The number of aromatic nitrogens is 2. The van der Waals surface area contributed by atoms with Gasteiger partial charge in [-0.1, -0.05) is 0 Å². The van der Waals surface area contributed by atoms with Gasteiger partial charge in [0.15, 0.2) is 0 Å². The van der Waals surface area contributed by atoms with Gasteiger partial charge in [0.05, 0.1) is 0 Å². The van der Waals surface area contributed by atoms with Gasteiger partial charge in [0.2, 0.25) is 0 Å². The van der Waals surface area contributed by atoms with E-state index in [-0.39, 0.29) is 0 Å². The van der Waals surface area contributed by atoms with E-state index in [0.29, 0.717) is 0 Å². The predicted molar refractivity (Wildman–Crippen MR) is 47.5 cm³/mol. The Kier molecular flexibility index (Phi) is 2.45. The van der Waals surface area contributed by atoms with Crippen molar-refractivity contribution in [3.8, 4) is 0 Å². The fourth-order valence-corrected chi connectivity index (χ4v) is 1.20. The smallest absolute Gasteiger partial charge is 0.302 e. The summed E-state index contributed by atoms with van der Waals surface area (Å²) in [6.45, 7) is 0. The summed E-state index contributed by atoms with van der Waals surface area (Å²) in [4.78, 5) is 23.6. The van der Waals surface area contributed by atoms with Crippen molar-refractivity contribution in [2.24, 2.45) is 7.05 Å². The van der Waals surface area contributed by atoms with E-state index in [4.69, 9.17) is 4.55 Å². The van der Waals surface area contributed by atoms with E-state index >= 15 is 0 Å². The Labute approximate surface area is 78.1 Å². The maximum absolute atomic E-state index is 11.0. The van der Waals surface area contributed by atoms with E-state index in [2.05, 4.69) is 0 Å². The average Bonchev–Trinajstić information content (AvgIpc) is 1.97. The second-order valence-electron chi connectivity index (χ2n) is 2.49. The Bertz CT molecular complexity index is 553. The molecule has 0 saturated heterocycles. The van der Waals surface area contributed by atoms with Crippen molar-refractivity contribution in [3.63, 3.8) is 0 Å². The first-order valence-electron chi connectivity index (χ1n) is 3.35. The molecular formula is C5H7N3O5S. The summed E-state index contributed by atoms with van der Waals surface area (Å²) in [5.74, 6) is 0. The van der Waals surface area contributed by atoms with Crippen LogP contribution in [-0.4, -0.2) is 22.5 Å². The normalized spacial score (nSPS) is 11.3. The SMILES string of the molecule is Cn1cc(NS(=O)(=O)O)c(=O)[nH]c1=O. The van der Waals surface area contributed by atoms with E-state index in [1.165, 1.54) is 7.05 Å². The zero-order chi connectivity index (χ0) is 10.9. The lowest BCUT2D eigenvalue weighted by molar-refractivity contribution is 0.489. The Morgan fingerprint density at radius 1 is 1.50 bits per heavy atom. The summed E-state index contributed by atoms with van der Waals surface area (Å²) in [6, 6.07) is 0. The molecule has 8 nitrogen and oxygen atoms in total. The van der Waals surface area contributed by atoms with Crippen LogP contribution in [0.1, 0.15) is 0 Å². The molecular weight excluding hydrogens is 214 g/mol. The van der Waals surface area contributed by atoms with Crippen LogP contribution in [0, 0.1) is 0 Å². The van der Waals surface area contributed by atoms with Crippen LogP contribution in [0.25, 0.3) is 0 Å². The Balaban J connectivity index is 3.31. The molecule has 14 heavy (non-hydrogen) atoms. The van der Waals surface area contributed by atoms with E-state index in [9.17, 15) is 18.0 Å². The standard InChI is InChI=1S/C5H7N3O5S/c1-8-2-3(7-14(11,12)13)4(9)6-5(8)10/h2,7H,1H3,(H,6,9,10)(H,11,12,13). The molecule has 0 aliphatic rings. The third-order valence-corrected chi connectivity index (χ3v) is 1.82. The van der Waals surface area contributed by atoms with Crippen molar-refractivity contribution in [3.05, 3.63) is 27.0 Å². The lowest BCUT2D eigenvalue weighted by Gasteiger charge is -2.02. The molecule has 0 aliphatic carbocycles. The van der Waals surface area contributed by atoms with Crippen molar-refractivity contribution >= 4 is 16.0 Å². The van der Waals surface area contributed by atoms with Gasteiger partial charge in [-0.05, 0) is 0 Å². The lowest BCUT2D eigenvalue weighted by atomic mass is 10.5. The number of nitrogens with zero attached hydrogens (tertiary/aromatic N) is 1. The third kappa shape index (κ3) is 2.44. The number of rotatable bonds is 2. The summed E-state index contributed by atoms with van der Waals surface area (Å²) in [5.41, 5.74) is -2.05. The topological polar surface area (TPSA) is 121 Å². The molecule has 0 bridgehead atoms. The molecule has 0 amide bonds. The van der Waals surface area contributed by atoms with Crippen LogP contribution in [0.3, 0.4) is 0 Å². The van der Waals surface area contributed by atoms with Crippen LogP contribution in [0.4, 0.5) is 5.69 Å². The first-order chi connectivity index (χ1) is 6.29. The van der Waals surface area contributed by atoms with Crippen molar-refractivity contribution in [1.29, 1.82) is 0 Å². The zero-order valence-corrected chi connectivity index (χ0v) is 7.83. The molecule has 1 aromatic rings. The molecule has 0 spiro atoms. The molecule has 0 aromatic carbocycles. The van der Waals surface area contributed by atoms with E-state index in [1.54, 1.807) is 4.72 Å². The largest absolute Gasteiger partial charge is 0.357 e. The molecule has 0 radical (unpaired) electrons. The lowest BCUT2D eigenvalue weighted by Crippen LogP contribution is -2.30. The van der Waals surface area contributed by atoms with Crippen molar-refractivity contribution in [1.82, 2.24) is 9.55 Å². The van der Waals surface area contributed by atoms with Crippen LogP contribution in [0.15, 0.2) is 15.8 Å². The number of nitrogens with one attached hydrogen (secondary N) is 2. The molecule has 1 aromatic heterocycles. The zero-order valence-electron chi connectivity index (χ0n) is 7.01. The molecule has 1 rings (SSSR count). The average molecular weight is 221 g/mol. The highest BCUT2D eigenvalue weighted by molar-refractivity contribution is 7.87. The highest BCUT2D eigenvalue weighted by Gasteiger charge is 2.08. The van der Waals surface area contributed by atoms with Gasteiger partial charge in [0, 0.05) is 13.2 Å². The van der Waals surface area contributed by atoms with Crippen LogP contribution in [-0.2, 0) is 17.4 Å². The van der Waals surface area contributed by atoms with E-state index < -0.39 is 27.2 Å². The first kappa shape index (κ1) is 10.5. The fraction of sp³-hybridized carbons (Fsp3) is 0.200. The van der Waals surface area contributed by atoms with Gasteiger partial charge >= 0.3 is 16.0 Å². The molecule has 0 saturated carbocycles. The van der Waals surface area contributed by atoms with Crippen LogP contribution >= 0.6 is 0 Å². The Morgan fingerprint density at radius 3 is 2.57 bits per heavy atom. The minimum absolute atomic E-state index is 0.436. The predicted octanol–water partition coefficient (Wildman–Crippen LogP) is -1.71. The van der Waals surface area contributed by atoms with Gasteiger partial charge in [-0.15, -0.1) is 0 Å². The quantitative estimate of drug-likeness (QED) is 0.513. The van der Waals surface area contributed by atoms with Crippen molar-refractivity contribution in [2.45, 2.75) is 0 Å². The highest BCUT2D eigenvalue weighted by atomic mass is 32.2. The van der Waals surface area contributed by atoms with Gasteiger partial charge in [0.1, 0.15) is 5.69 Å². The summed E-state index contributed by atoms with van der Waals surface area (Å²) in [5, 5.41) is 0. The number of hydrogen-bond donors (Lipinski definition) is 3. The number of anilines is 1. The minimum Gasteiger partial charge on any atom is -0.302 e. The number of aryl methyl sites for hydroxylation is 1. The molecule has 0 unspecified atom stereocenters. The summed E-state index contributed by atoms with van der Waals surface area (Å²) in [7, 11) is -3.20. The van der Waals surface area contributed by atoms with Gasteiger partial charge in [-0.3, -0.25) is 19.1 Å². The van der Waals surface area contributed by atoms with Gasteiger partial charge in [0.25, 0.3) is 5.56 Å². The fourth-order valence-electron chi connectivity index (χ4n) is 0.775. The molecule has 78 valence electrons. The molecule has 0 fully saturated rings. The third-order valence-electron chi connectivity index (χ3n) is 1.35. The summed E-state index contributed by atoms with van der Waals surface area (Å²) >= 11 is 0. The van der Waals surface area contributed by atoms with Gasteiger partial charge in [-0.25, -0.2) is 4.79 Å². The molecule has 0 atom stereocenters. The number of H-pyrrole nitrogens is 1. The van der Waals surface area contributed by atoms with Crippen LogP contribution in [0.2, 0.25) is 0 Å². The maximum atomic E-state index is 11.0. The van der Waals surface area contributed by atoms with E-state index in [1.807, 2.05) is 4.98 Å². The van der Waals surface area contributed by atoms with Gasteiger partial charge in [-0.2, -0.15) is 8.42 Å².